The number of benzene rings is 1. The second-order valence-corrected chi connectivity index (χ2v) is 5.63. The topological polar surface area (TPSA) is 72.2 Å². The van der Waals surface area contributed by atoms with Gasteiger partial charge in [-0.1, -0.05) is 17.7 Å². The van der Waals surface area contributed by atoms with E-state index in [1.165, 1.54) is 0 Å². The van der Waals surface area contributed by atoms with Crippen molar-refractivity contribution in [1.82, 2.24) is 4.72 Å². The molecule has 1 rings (SSSR count). The molecule has 0 aromatic heterocycles. The quantitative estimate of drug-likeness (QED) is 0.809. The van der Waals surface area contributed by atoms with Crippen LogP contribution in [0.5, 0.6) is 0 Å². The van der Waals surface area contributed by atoms with Gasteiger partial charge in [0.05, 0.1) is 4.90 Å². The number of hydrogen-bond donors (Lipinski definition) is 2. The molecule has 16 heavy (non-hydrogen) atoms. The first kappa shape index (κ1) is 13.2. The molecule has 0 amide bonds. The molecule has 1 unspecified atom stereocenters. The van der Waals surface area contributed by atoms with Crippen LogP contribution in [0.2, 0.25) is 0 Å². The number of rotatable bonds is 5. The molecule has 0 radical (unpaired) electrons. The van der Waals surface area contributed by atoms with Crippen molar-refractivity contribution >= 4 is 10.0 Å². The minimum absolute atomic E-state index is 0.142. The molecule has 1 aromatic carbocycles. The van der Waals surface area contributed by atoms with Gasteiger partial charge in [-0.3, -0.25) is 0 Å². The predicted octanol–water partition coefficient (Wildman–Crippen LogP) is 1.01. The maximum absolute atomic E-state index is 11.9. The van der Waals surface area contributed by atoms with Crippen molar-refractivity contribution in [3.8, 4) is 0 Å². The Morgan fingerprint density at radius 3 is 2.38 bits per heavy atom. The van der Waals surface area contributed by atoms with Gasteiger partial charge in [0.15, 0.2) is 0 Å². The van der Waals surface area contributed by atoms with Crippen LogP contribution in [0.1, 0.15) is 18.9 Å². The maximum Gasteiger partial charge on any atom is 0.240 e. The molecule has 0 aliphatic rings. The molecular formula is C11H18N2O2S. The second kappa shape index (κ2) is 5.43. The van der Waals surface area contributed by atoms with E-state index in [0.717, 1.165) is 5.56 Å². The fourth-order valence-electron chi connectivity index (χ4n) is 1.36. The first-order chi connectivity index (χ1) is 7.45. The summed E-state index contributed by atoms with van der Waals surface area (Å²) < 4.78 is 26.3. The first-order valence-electron chi connectivity index (χ1n) is 5.25. The lowest BCUT2D eigenvalue weighted by Crippen LogP contribution is -2.34. The summed E-state index contributed by atoms with van der Waals surface area (Å²) in [5.74, 6) is 0. The monoisotopic (exact) mass is 242 g/mol. The summed E-state index contributed by atoms with van der Waals surface area (Å²) >= 11 is 0. The average Bonchev–Trinajstić information content (AvgIpc) is 2.17. The lowest BCUT2D eigenvalue weighted by Gasteiger charge is -2.13. The van der Waals surface area contributed by atoms with Crippen molar-refractivity contribution in [3.63, 3.8) is 0 Å². The maximum atomic E-state index is 11.9. The number of sulfonamides is 1. The van der Waals surface area contributed by atoms with Gasteiger partial charge in [0.2, 0.25) is 10.0 Å². The molecule has 0 heterocycles. The molecule has 5 heteroatoms. The highest BCUT2D eigenvalue weighted by atomic mass is 32.2. The summed E-state index contributed by atoms with van der Waals surface area (Å²) in [7, 11) is -3.40. The number of aryl methyl sites for hydroxylation is 1. The fourth-order valence-corrected chi connectivity index (χ4v) is 2.64. The van der Waals surface area contributed by atoms with E-state index in [1.54, 1.807) is 31.2 Å². The van der Waals surface area contributed by atoms with E-state index in [9.17, 15) is 8.42 Å². The zero-order valence-electron chi connectivity index (χ0n) is 9.60. The standard InChI is InChI=1S/C11H18N2O2S/c1-9-3-5-11(6-4-9)16(14,15)13-10(2)7-8-12/h3-6,10,13H,7-8,12H2,1-2H3. The zero-order chi connectivity index (χ0) is 12.2. The summed E-state index contributed by atoms with van der Waals surface area (Å²) in [5.41, 5.74) is 6.41. The van der Waals surface area contributed by atoms with E-state index in [1.807, 2.05) is 6.92 Å². The summed E-state index contributed by atoms with van der Waals surface area (Å²) in [6, 6.07) is 6.63. The molecule has 90 valence electrons. The van der Waals surface area contributed by atoms with Gasteiger partial charge < -0.3 is 5.73 Å². The Hall–Kier alpha value is -0.910. The lowest BCUT2D eigenvalue weighted by atomic mass is 10.2. The average molecular weight is 242 g/mol. The zero-order valence-corrected chi connectivity index (χ0v) is 10.4. The summed E-state index contributed by atoms with van der Waals surface area (Å²) in [5, 5.41) is 0. The number of nitrogens with one attached hydrogen (secondary N) is 1. The summed E-state index contributed by atoms with van der Waals surface area (Å²) in [6.45, 7) is 4.19. The Morgan fingerprint density at radius 1 is 1.31 bits per heavy atom. The van der Waals surface area contributed by atoms with E-state index < -0.39 is 10.0 Å². The molecule has 4 nitrogen and oxygen atoms in total. The largest absolute Gasteiger partial charge is 0.330 e. The van der Waals surface area contributed by atoms with Crippen LogP contribution < -0.4 is 10.5 Å². The van der Waals surface area contributed by atoms with Gasteiger partial charge in [-0.25, -0.2) is 13.1 Å². The summed E-state index contributed by atoms with van der Waals surface area (Å²) in [6.07, 6.45) is 0.630. The Morgan fingerprint density at radius 2 is 1.88 bits per heavy atom. The van der Waals surface area contributed by atoms with Gasteiger partial charge in [0, 0.05) is 6.04 Å². The normalized spacial score (nSPS) is 13.7. The van der Waals surface area contributed by atoms with E-state index in [0.29, 0.717) is 17.9 Å². The van der Waals surface area contributed by atoms with E-state index >= 15 is 0 Å². The van der Waals surface area contributed by atoms with Crippen molar-refractivity contribution in [2.75, 3.05) is 6.54 Å². The number of nitrogens with two attached hydrogens (primary N) is 1. The molecule has 0 saturated heterocycles. The van der Waals surface area contributed by atoms with Crippen LogP contribution >= 0.6 is 0 Å². The van der Waals surface area contributed by atoms with Crippen molar-refractivity contribution in [2.45, 2.75) is 31.2 Å². The summed E-state index contributed by atoms with van der Waals surface area (Å²) in [4.78, 5) is 0.293. The van der Waals surface area contributed by atoms with Crippen LogP contribution in [0.4, 0.5) is 0 Å². The minimum atomic E-state index is -3.40. The smallest absolute Gasteiger partial charge is 0.240 e. The lowest BCUT2D eigenvalue weighted by molar-refractivity contribution is 0.550. The molecule has 0 saturated carbocycles. The molecule has 0 bridgehead atoms. The highest BCUT2D eigenvalue weighted by Gasteiger charge is 2.16. The fraction of sp³-hybridized carbons (Fsp3) is 0.455. The van der Waals surface area contributed by atoms with Gasteiger partial charge in [-0.2, -0.15) is 0 Å². The Balaban J connectivity index is 2.82. The number of hydrogen-bond acceptors (Lipinski definition) is 3. The van der Waals surface area contributed by atoms with Gasteiger partial charge >= 0.3 is 0 Å². The molecule has 1 aromatic rings. The molecule has 0 aliphatic carbocycles. The van der Waals surface area contributed by atoms with Gasteiger partial charge in [0.1, 0.15) is 0 Å². The molecule has 0 spiro atoms. The van der Waals surface area contributed by atoms with E-state index in [2.05, 4.69) is 4.72 Å². The first-order valence-corrected chi connectivity index (χ1v) is 6.73. The van der Waals surface area contributed by atoms with Crippen molar-refractivity contribution in [2.24, 2.45) is 5.73 Å². The molecule has 0 aliphatic heterocycles. The van der Waals surface area contributed by atoms with Gasteiger partial charge in [-0.15, -0.1) is 0 Å². The molecule has 0 fully saturated rings. The third kappa shape index (κ3) is 3.59. The second-order valence-electron chi connectivity index (χ2n) is 3.91. The van der Waals surface area contributed by atoms with Crippen LogP contribution in [-0.2, 0) is 10.0 Å². The highest BCUT2D eigenvalue weighted by molar-refractivity contribution is 7.89. The molecule has 3 N–H and O–H groups in total. The molecule has 1 atom stereocenters. The van der Waals surface area contributed by atoms with Crippen LogP contribution in [0.25, 0.3) is 0 Å². The molecular weight excluding hydrogens is 224 g/mol. The predicted molar refractivity (Wildman–Crippen MR) is 64.6 cm³/mol. The van der Waals surface area contributed by atoms with Crippen LogP contribution in [0.15, 0.2) is 29.2 Å². The van der Waals surface area contributed by atoms with Gasteiger partial charge in [-0.05, 0) is 38.9 Å². The SMILES string of the molecule is Cc1ccc(S(=O)(=O)NC(C)CCN)cc1. The third-order valence-corrected chi connectivity index (χ3v) is 3.89. The third-order valence-electron chi connectivity index (χ3n) is 2.29. The van der Waals surface area contributed by atoms with Crippen LogP contribution in [0, 0.1) is 6.92 Å². The van der Waals surface area contributed by atoms with Gasteiger partial charge in [0.25, 0.3) is 0 Å². The van der Waals surface area contributed by atoms with Crippen molar-refractivity contribution in [1.29, 1.82) is 0 Å². The van der Waals surface area contributed by atoms with Crippen molar-refractivity contribution in [3.05, 3.63) is 29.8 Å². The Kier molecular flexibility index (Phi) is 4.46. The van der Waals surface area contributed by atoms with Crippen molar-refractivity contribution < 1.29 is 8.42 Å². The minimum Gasteiger partial charge on any atom is -0.330 e. The Labute approximate surface area is 96.9 Å². The van der Waals surface area contributed by atoms with E-state index in [-0.39, 0.29) is 6.04 Å². The van der Waals surface area contributed by atoms with Crippen LogP contribution in [0.3, 0.4) is 0 Å². The highest BCUT2D eigenvalue weighted by Crippen LogP contribution is 2.10. The van der Waals surface area contributed by atoms with Crippen LogP contribution in [-0.4, -0.2) is 21.0 Å². The van der Waals surface area contributed by atoms with E-state index in [4.69, 9.17) is 5.73 Å². The Bertz CT molecular complexity index is 426.